The third-order valence-electron chi connectivity index (χ3n) is 0.491. The Labute approximate surface area is 58.0 Å². The molecule has 0 rings (SSSR count). The topological polar surface area (TPSA) is 80.7 Å². The third-order valence-corrected chi connectivity index (χ3v) is 0.994. The van der Waals surface area contributed by atoms with E-state index in [9.17, 15) is 13.2 Å². The molecule has 0 fully saturated rings. The van der Waals surface area contributed by atoms with Gasteiger partial charge in [0.2, 0.25) is 5.76 Å². The molecular weight excluding hydrogens is 160 g/mol. The number of hydrogen-bond acceptors (Lipinski definition) is 4. The summed E-state index contributed by atoms with van der Waals surface area (Å²) in [6.07, 6.45) is 0.737. The first-order valence-electron chi connectivity index (χ1n) is 2.14. The zero-order valence-corrected chi connectivity index (χ0v) is 6.01. The maximum atomic E-state index is 10.2. The first-order valence-corrected chi connectivity index (χ1v) is 3.96. The Bertz CT molecular complexity index is 249. The van der Waals surface area contributed by atoms with Crippen LogP contribution in [0.15, 0.2) is 12.3 Å². The van der Waals surface area contributed by atoms with Crippen molar-refractivity contribution >= 4 is 16.1 Å². The number of aliphatic carboxylic acids is 1. The van der Waals surface area contributed by atoms with E-state index in [1.165, 1.54) is 0 Å². The van der Waals surface area contributed by atoms with E-state index in [-0.39, 0.29) is 0 Å². The van der Waals surface area contributed by atoms with Crippen molar-refractivity contribution in [1.29, 1.82) is 0 Å². The van der Waals surface area contributed by atoms with Gasteiger partial charge in [0, 0.05) is 0 Å². The largest absolute Gasteiger partial charge is 0.475 e. The summed E-state index contributed by atoms with van der Waals surface area (Å²) in [5, 5.41) is 8.06. The Morgan fingerprint density at radius 3 is 2.10 bits per heavy atom. The van der Waals surface area contributed by atoms with E-state index in [4.69, 9.17) is 5.11 Å². The Morgan fingerprint density at radius 1 is 1.60 bits per heavy atom. The molecule has 0 saturated heterocycles. The Hall–Kier alpha value is -1.04. The van der Waals surface area contributed by atoms with Gasteiger partial charge in [0.05, 0.1) is 6.26 Å². The first kappa shape index (κ1) is 8.96. The van der Waals surface area contributed by atoms with Crippen LogP contribution in [0.25, 0.3) is 0 Å². The number of rotatable bonds is 3. The van der Waals surface area contributed by atoms with Gasteiger partial charge in [-0.25, -0.2) is 4.79 Å². The predicted molar refractivity (Wildman–Crippen MR) is 32.7 cm³/mol. The second-order valence-electron chi connectivity index (χ2n) is 1.52. The van der Waals surface area contributed by atoms with Gasteiger partial charge < -0.3 is 9.29 Å². The molecule has 0 aromatic heterocycles. The standard InChI is InChI=1S/C4H6O5S/c1-3(4(5)6)9-10(2,7)8/h1H2,2H3,(H,5,6). The average molecular weight is 166 g/mol. The van der Waals surface area contributed by atoms with E-state index in [2.05, 4.69) is 10.8 Å². The Balaban J connectivity index is 4.21. The second kappa shape index (κ2) is 2.70. The molecule has 0 atom stereocenters. The molecule has 1 N–H and O–H groups in total. The third kappa shape index (κ3) is 3.90. The zero-order valence-electron chi connectivity index (χ0n) is 5.20. The molecule has 5 nitrogen and oxygen atoms in total. The molecule has 0 amide bonds. The van der Waals surface area contributed by atoms with Gasteiger partial charge in [-0.3, -0.25) is 0 Å². The lowest BCUT2D eigenvalue weighted by Gasteiger charge is -1.98. The van der Waals surface area contributed by atoms with Gasteiger partial charge in [0.25, 0.3) is 0 Å². The molecule has 0 radical (unpaired) electrons. The first-order chi connectivity index (χ1) is 4.33. The highest BCUT2D eigenvalue weighted by Crippen LogP contribution is 1.97. The molecule has 0 aromatic carbocycles. The minimum Gasteiger partial charge on any atom is -0.475 e. The van der Waals surface area contributed by atoms with Crippen LogP contribution in [0.1, 0.15) is 0 Å². The molecule has 0 spiro atoms. The van der Waals surface area contributed by atoms with Crippen LogP contribution in [0.4, 0.5) is 0 Å². The molecule has 0 aromatic rings. The summed E-state index contributed by atoms with van der Waals surface area (Å²) >= 11 is 0. The smallest absolute Gasteiger partial charge is 0.372 e. The number of carbonyl (C=O) groups is 1. The van der Waals surface area contributed by atoms with Crippen LogP contribution in [0.3, 0.4) is 0 Å². The van der Waals surface area contributed by atoms with E-state index in [0.717, 1.165) is 6.26 Å². The van der Waals surface area contributed by atoms with Crippen LogP contribution in [0.5, 0.6) is 0 Å². The summed E-state index contributed by atoms with van der Waals surface area (Å²) in [7, 11) is -3.75. The summed E-state index contributed by atoms with van der Waals surface area (Å²) in [5.74, 6) is -2.30. The molecule has 0 saturated carbocycles. The highest BCUT2D eigenvalue weighted by atomic mass is 32.2. The van der Waals surface area contributed by atoms with Crippen LogP contribution in [0, 0.1) is 0 Å². The lowest BCUT2D eigenvalue weighted by Crippen LogP contribution is -2.08. The molecule has 0 aliphatic carbocycles. The van der Waals surface area contributed by atoms with Gasteiger partial charge >= 0.3 is 16.1 Å². The van der Waals surface area contributed by atoms with E-state index < -0.39 is 21.8 Å². The van der Waals surface area contributed by atoms with Crippen molar-refractivity contribution in [3.8, 4) is 0 Å². The van der Waals surface area contributed by atoms with Crippen LogP contribution >= 0.6 is 0 Å². The number of carboxylic acids is 1. The SMILES string of the molecule is C=C(OS(C)(=O)=O)C(=O)O. The minimum atomic E-state index is -3.75. The predicted octanol–water partition coefficient (Wildman–Crippen LogP) is -0.439. The van der Waals surface area contributed by atoms with Gasteiger partial charge in [0.1, 0.15) is 0 Å². The fourth-order valence-corrected chi connectivity index (χ4v) is 0.655. The van der Waals surface area contributed by atoms with Crippen LogP contribution in [-0.4, -0.2) is 25.7 Å². The van der Waals surface area contributed by atoms with E-state index in [1.807, 2.05) is 0 Å². The maximum Gasteiger partial charge on any atom is 0.372 e. The number of hydrogen-bond donors (Lipinski definition) is 1. The normalized spacial score (nSPS) is 10.5. The van der Waals surface area contributed by atoms with Crippen molar-refractivity contribution in [2.45, 2.75) is 0 Å². The van der Waals surface area contributed by atoms with Crippen molar-refractivity contribution in [1.82, 2.24) is 0 Å². The molecule has 0 heterocycles. The number of carboxylic acid groups (broad SMARTS) is 1. The van der Waals surface area contributed by atoms with E-state index in [0.29, 0.717) is 0 Å². The molecule has 0 aliphatic heterocycles. The Kier molecular flexibility index (Phi) is 2.42. The van der Waals surface area contributed by atoms with E-state index in [1.54, 1.807) is 0 Å². The molecule has 0 aliphatic rings. The van der Waals surface area contributed by atoms with Crippen LogP contribution in [0.2, 0.25) is 0 Å². The van der Waals surface area contributed by atoms with Gasteiger partial charge in [-0.2, -0.15) is 8.42 Å². The summed E-state index contributed by atoms with van der Waals surface area (Å²) in [6, 6.07) is 0. The molecule has 58 valence electrons. The second-order valence-corrected chi connectivity index (χ2v) is 3.09. The van der Waals surface area contributed by atoms with Gasteiger partial charge in [-0.1, -0.05) is 0 Å². The van der Waals surface area contributed by atoms with Gasteiger partial charge in [-0.05, 0) is 6.58 Å². The average Bonchev–Trinajstić information content (AvgIpc) is 1.60. The van der Waals surface area contributed by atoms with Crippen LogP contribution in [-0.2, 0) is 19.1 Å². The molecule has 10 heavy (non-hydrogen) atoms. The summed E-state index contributed by atoms with van der Waals surface area (Å²) < 4.78 is 24.3. The minimum absolute atomic E-state index is 0.737. The highest BCUT2D eigenvalue weighted by molar-refractivity contribution is 7.86. The molecule has 0 unspecified atom stereocenters. The zero-order chi connectivity index (χ0) is 8.36. The quantitative estimate of drug-likeness (QED) is 0.349. The van der Waals surface area contributed by atoms with Crippen molar-refractivity contribution in [2.24, 2.45) is 0 Å². The molecular formula is C4H6O5S. The molecule has 0 bridgehead atoms. The van der Waals surface area contributed by atoms with Crippen molar-refractivity contribution < 1.29 is 22.5 Å². The highest BCUT2D eigenvalue weighted by Gasteiger charge is 2.10. The van der Waals surface area contributed by atoms with Crippen molar-refractivity contribution in [2.75, 3.05) is 6.26 Å². The van der Waals surface area contributed by atoms with Crippen LogP contribution < -0.4 is 0 Å². The lowest BCUT2D eigenvalue weighted by molar-refractivity contribution is -0.134. The fourth-order valence-electron chi connectivity index (χ4n) is 0.218. The summed E-state index contributed by atoms with van der Waals surface area (Å²) in [6.45, 7) is 2.84. The Morgan fingerprint density at radius 2 is 2.00 bits per heavy atom. The lowest BCUT2D eigenvalue weighted by atomic mass is 10.6. The monoisotopic (exact) mass is 166 g/mol. The van der Waals surface area contributed by atoms with E-state index >= 15 is 0 Å². The summed E-state index contributed by atoms with van der Waals surface area (Å²) in [4.78, 5) is 9.89. The maximum absolute atomic E-state index is 10.2. The van der Waals surface area contributed by atoms with Gasteiger partial charge in [-0.15, -0.1) is 0 Å². The van der Waals surface area contributed by atoms with Crippen molar-refractivity contribution in [3.63, 3.8) is 0 Å². The molecule has 6 heteroatoms. The summed E-state index contributed by atoms with van der Waals surface area (Å²) in [5.41, 5.74) is 0. The fraction of sp³-hybridized carbons (Fsp3) is 0.250. The van der Waals surface area contributed by atoms with Crippen molar-refractivity contribution in [3.05, 3.63) is 12.3 Å². The van der Waals surface area contributed by atoms with Gasteiger partial charge in [0.15, 0.2) is 0 Å².